The highest BCUT2D eigenvalue weighted by Gasteiger charge is 2.28. The van der Waals surface area contributed by atoms with Crippen molar-refractivity contribution in [1.29, 1.82) is 0 Å². The van der Waals surface area contributed by atoms with Crippen LogP contribution in [0.5, 0.6) is 0 Å². The van der Waals surface area contributed by atoms with Crippen LogP contribution in [0.15, 0.2) is 73.8 Å². The molecule has 0 bridgehead atoms. The molecule has 0 spiro atoms. The molecule has 2 aliphatic rings. The van der Waals surface area contributed by atoms with Gasteiger partial charge in [0, 0.05) is 35.8 Å². The lowest BCUT2D eigenvalue weighted by molar-refractivity contribution is -0.698. The van der Waals surface area contributed by atoms with Gasteiger partial charge in [0.15, 0.2) is 0 Å². The van der Waals surface area contributed by atoms with Crippen molar-refractivity contribution in [2.45, 2.75) is 103 Å². The number of nitrogen functional groups attached to an aromatic ring is 2. The molecule has 4 heterocycles. The topological polar surface area (TPSA) is 76.1 Å². The molecule has 0 aliphatic carbocycles. The molecule has 46 heavy (non-hydrogen) atoms. The van der Waals surface area contributed by atoms with Crippen molar-refractivity contribution in [3.63, 3.8) is 0 Å². The Labute approximate surface area is 287 Å². The van der Waals surface area contributed by atoms with Gasteiger partial charge in [0.1, 0.15) is 37.9 Å². The van der Waals surface area contributed by atoms with Crippen LogP contribution < -0.4 is 55.2 Å². The summed E-state index contributed by atoms with van der Waals surface area (Å²) in [6, 6.07) is 14.0. The molecule has 8 nitrogen and oxygen atoms in total. The Balaban J connectivity index is 0.00000240. The van der Waals surface area contributed by atoms with Crippen LogP contribution in [0, 0.1) is 13.8 Å². The summed E-state index contributed by atoms with van der Waals surface area (Å²) < 4.78 is 9.46. The molecule has 4 N–H and O–H groups in total. The van der Waals surface area contributed by atoms with Crippen LogP contribution in [-0.4, -0.2) is 34.3 Å². The number of benzene rings is 2. The minimum absolute atomic E-state index is 0. The number of anilines is 4. The second kappa shape index (κ2) is 16.5. The van der Waals surface area contributed by atoms with Gasteiger partial charge < -0.3 is 46.1 Å². The fourth-order valence-electron chi connectivity index (χ4n) is 7.19. The van der Waals surface area contributed by atoms with E-state index in [0.29, 0.717) is 12.1 Å². The van der Waals surface area contributed by atoms with Gasteiger partial charge in [-0.05, 0) is 113 Å². The van der Waals surface area contributed by atoms with E-state index in [2.05, 4.69) is 104 Å². The van der Waals surface area contributed by atoms with Gasteiger partial charge in [-0.3, -0.25) is 0 Å². The standard InChI is InChI=1S/C36H52N8.2ClH/c1-29-23-31(11-13-35(29)37)43-17-7-9-33(43)25-41-21-19-39(27-41)15-5-3-4-6-16-40-20-22-42(28-40)26-34-10-8-18-44(34)32-12-14-36(38)30(2)24-32;;/h11-14,19-24,27-28,33-34H,3-10,15-18,25-26,37-38H2,1-2H3;2*1H/q+2;;/p-2. The number of unbranched alkanes of at least 4 members (excludes halogenated alkanes) is 3. The molecule has 2 unspecified atom stereocenters. The fourth-order valence-corrected chi connectivity index (χ4v) is 7.19. The molecule has 10 heteroatoms. The molecule has 0 amide bonds. The lowest BCUT2D eigenvalue weighted by Gasteiger charge is -2.26. The monoisotopic (exact) mass is 666 g/mol. The summed E-state index contributed by atoms with van der Waals surface area (Å²) in [4.78, 5) is 5.13. The molecule has 2 fully saturated rings. The molecular formula is C36H52Cl2N8. The lowest BCUT2D eigenvalue weighted by atomic mass is 10.1. The number of nitrogens with zero attached hydrogens (tertiary/aromatic N) is 6. The van der Waals surface area contributed by atoms with Crippen LogP contribution in [0.25, 0.3) is 0 Å². The minimum atomic E-state index is 0. The molecule has 2 aliphatic heterocycles. The van der Waals surface area contributed by atoms with Crippen LogP contribution in [0.3, 0.4) is 0 Å². The van der Waals surface area contributed by atoms with Crippen LogP contribution in [0.1, 0.15) is 62.5 Å². The van der Waals surface area contributed by atoms with Crippen molar-refractivity contribution >= 4 is 22.7 Å². The van der Waals surface area contributed by atoms with Gasteiger partial charge in [-0.25, -0.2) is 18.3 Å². The van der Waals surface area contributed by atoms with Gasteiger partial charge in [-0.1, -0.05) is 0 Å². The van der Waals surface area contributed by atoms with E-state index in [1.807, 2.05) is 12.1 Å². The molecule has 0 saturated carbocycles. The first-order valence-electron chi connectivity index (χ1n) is 16.8. The maximum absolute atomic E-state index is 6.06. The van der Waals surface area contributed by atoms with Crippen molar-refractivity contribution in [2.24, 2.45) is 0 Å². The van der Waals surface area contributed by atoms with Crippen LogP contribution in [-0.2, 0) is 26.2 Å². The van der Waals surface area contributed by atoms with Crippen LogP contribution in [0.4, 0.5) is 22.7 Å². The molecule has 6 rings (SSSR count). The fraction of sp³-hybridized carbons (Fsp3) is 0.500. The van der Waals surface area contributed by atoms with Gasteiger partial charge in [-0.2, -0.15) is 0 Å². The molecular weight excluding hydrogens is 615 g/mol. The highest BCUT2D eigenvalue weighted by Crippen LogP contribution is 2.29. The zero-order valence-electron chi connectivity index (χ0n) is 27.6. The van der Waals surface area contributed by atoms with Crippen molar-refractivity contribution in [2.75, 3.05) is 34.4 Å². The Kier molecular flexibility index (Phi) is 12.7. The van der Waals surface area contributed by atoms with E-state index in [4.69, 9.17) is 11.5 Å². The average molecular weight is 668 g/mol. The molecule has 2 aromatic carbocycles. The van der Waals surface area contributed by atoms with Crippen molar-refractivity contribution in [3.05, 3.63) is 85.0 Å². The SMILES string of the molecule is Cc1cc(N2CCCC2C[n+]2ccn(CCCCCCn3cc[n+](CC4CCCN4c4ccc(N)c(C)c4)c3)c2)ccc1N.[Cl-].[Cl-]. The van der Waals surface area contributed by atoms with E-state index < -0.39 is 0 Å². The number of hydrogen-bond donors (Lipinski definition) is 2. The molecule has 4 aromatic rings. The second-order valence-corrected chi connectivity index (χ2v) is 13.2. The average Bonchev–Trinajstić information content (AvgIpc) is 3.83. The zero-order valence-corrected chi connectivity index (χ0v) is 29.1. The summed E-state index contributed by atoms with van der Waals surface area (Å²) >= 11 is 0. The largest absolute Gasteiger partial charge is 1.00 e. The van der Waals surface area contributed by atoms with Crippen molar-refractivity contribution < 1.29 is 33.9 Å². The van der Waals surface area contributed by atoms with E-state index in [1.54, 1.807) is 0 Å². The highest BCUT2D eigenvalue weighted by molar-refractivity contribution is 5.59. The maximum Gasteiger partial charge on any atom is 0.243 e. The molecule has 0 radical (unpaired) electrons. The Bertz CT molecular complexity index is 1420. The maximum atomic E-state index is 6.06. The summed E-state index contributed by atoms with van der Waals surface area (Å²) in [5.74, 6) is 0. The van der Waals surface area contributed by atoms with Gasteiger partial charge in [0.25, 0.3) is 0 Å². The summed E-state index contributed by atoms with van der Waals surface area (Å²) in [5, 5.41) is 0. The predicted octanol–water partition coefficient (Wildman–Crippen LogP) is -0.748. The van der Waals surface area contributed by atoms with E-state index in [9.17, 15) is 0 Å². The van der Waals surface area contributed by atoms with E-state index in [1.165, 1.54) is 73.9 Å². The summed E-state index contributed by atoms with van der Waals surface area (Å²) in [6.45, 7) is 10.7. The highest BCUT2D eigenvalue weighted by atomic mass is 35.5. The number of aromatic nitrogens is 4. The van der Waals surface area contributed by atoms with Gasteiger partial charge in [-0.15, -0.1) is 0 Å². The third kappa shape index (κ3) is 8.71. The Hall–Kier alpha value is -3.36. The van der Waals surface area contributed by atoms with Gasteiger partial charge in [0.2, 0.25) is 12.7 Å². The Morgan fingerprint density at radius 3 is 1.50 bits per heavy atom. The normalized spacial score (nSPS) is 17.7. The molecule has 250 valence electrons. The van der Waals surface area contributed by atoms with Crippen molar-refractivity contribution in [1.82, 2.24) is 9.13 Å². The third-order valence-electron chi connectivity index (χ3n) is 9.84. The number of aryl methyl sites for hydroxylation is 4. The number of rotatable bonds is 13. The minimum Gasteiger partial charge on any atom is -1.00 e. The van der Waals surface area contributed by atoms with E-state index >= 15 is 0 Å². The molecule has 2 saturated heterocycles. The van der Waals surface area contributed by atoms with E-state index in [-0.39, 0.29) is 24.8 Å². The van der Waals surface area contributed by atoms with Crippen LogP contribution in [0.2, 0.25) is 0 Å². The summed E-state index contributed by atoms with van der Waals surface area (Å²) in [7, 11) is 0. The van der Waals surface area contributed by atoms with Crippen LogP contribution >= 0.6 is 0 Å². The number of imidazole rings is 2. The molecule has 2 aromatic heterocycles. The first-order chi connectivity index (χ1) is 21.4. The number of halogens is 2. The second-order valence-electron chi connectivity index (χ2n) is 13.2. The number of nitrogens with two attached hydrogens (primary N) is 2. The van der Waals surface area contributed by atoms with Gasteiger partial charge in [0.05, 0.1) is 25.2 Å². The zero-order chi connectivity index (χ0) is 30.5. The smallest absolute Gasteiger partial charge is 0.243 e. The first kappa shape index (κ1) is 35.5. The Morgan fingerprint density at radius 1 is 0.652 bits per heavy atom. The predicted molar refractivity (Wildman–Crippen MR) is 180 cm³/mol. The quantitative estimate of drug-likeness (QED) is 0.112. The third-order valence-corrected chi connectivity index (χ3v) is 9.84. The summed E-state index contributed by atoms with van der Waals surface area (Å²) in [5.41, 5.74) is 18.8. The Morgan fingerprint density at radius 2 is 1.09 bits per heavy atom. The number of hydrogen-bond acceptors (Lipinski definition) is 4. The van der Waals surface area contributed by atoms with Crippen molar-refractivity contribution in [3.8, 4) is 0 Å². The molecule has 2 atom stereocenters. The van der Waals surface area contributed by atoms with E-state index in [0.717, 1.165) is 50.6 Å². The first-order valence-corrected chi connectivity index (χ1v) is 16.8. The summed E-state index contributed by atoms with van der Waals surface area (Å²) in [6.07, 6.45) is 23.5. The van der Waals surface area contributed by atoms with Gasteiger partial charge >= 0.3 is 0 Å². The lowest BCUT2D eigenvalue weighted by Crippen LogP contribution is -3.00.